The fraction of sp³-hybridized carbons (Fsp3) is 0.286. The van der Waals surface area contributed by atoms with E-state index in [1.807, 2.05) is 28.8 Å². The van der Waals surface area contributed by atoms with Crippen molar-refractivity contribution in [1.29, 1.82) is 0 Å². The molecule has 0 saturated carbocycles. The standard InChI is InChI=1S/C14H16N4O2S/c1-17(8-4-9-18-10-7-15-11-18)14-12-5-2-3-6-13(12)21(19,20)16-14/h2-3,5-7,10-11H,4,8-9H2,1H3. The molecule has 1 aliphatic rings. The summed E-state index contributed by atoms with van der Waals surface area (Å²) in [6.45, 7) is 1.56. The van der Waals surface area contributed by atoms with Crippen molar-refractivity contribution < 1.29 is 8.42 Å². The summed E-state index contributed by atoms with van der Waals surface area (Å²) >= 11 is 0. The van der Waals surface area contributed by atoms with E-state index < -0.39 is 10.0 Å². The lowest BCUT2D eigenvalue weighted by Gasteiger charge is -2.18. The maximum atomic E-state index is 12.0. The summed E-state index contributed by atoms with van der Waals surface area (Å²) in [5.74, 6) is 0.524. The lowest BCUT2D eigenvalue weighted by atomic mass is 10.2. The summed E-state index contributed by atoms with van der Waals surface area (Å²) in [5, 5.41) is 0. The van der Waals surface area contributed by atoms with Crippen LogP contribution < -0.4 is 0 Å². The Morgan fingerprint density at radius 1 is 1.29 bits per heavy atom. The first-order chi connectivity index (χ1) is 10.1. The Morgan fingerprint density at radius 3 is 2.86 bits per heavy atom. The van der Waals surface area contributed by atoms with Crippen LogP contribution in [0.3, 0.4) is 0 Å². The van der Waals surface area contributed by atoms with Crippen LogP contribution >= 0.6 is 0 Å². The summed E-state index contributed by atoms with van der Waals surface area (Å²) in [6.07, 6.45) is 6.31. The summed E-state index contributed by atoms with van der Waals surface area (Å²) in [5.41, 5.74) is 0.683. The molecule has 0 fully saturated rings. The van der Waals surface area contributed by atoms with E-state index in [4.69, 9.17) is 0 Å². The van der Waals surface area contributed by atoms with Gasteiger partial charge in [0, 0.05) is 38.1 Å². The van der Waals surface area contributed by atoms with Gasteiger partial charge in [0.25, 0.3) is 10.0 Å². The van der Waals surface area contributed by atoms with Gasteiger partial charge in [0.05, 0.1) is 6.33 Å². The zero-order valence-corrected chi connectivity index (χ0v) is 12.5. The molecular formula is C14H16N4O2S. The molecule has 0 radical (unpaired) electrons. The summed E-state index contributed by atoms with van der Waals surface area (Å²) in [4.78, 5) is 6.17. The van der Waals surface area contributed by atoms with Gasteiger partial charge in [0.2, 0.25) is 0 Å². The van der Waals surface area contributed by atoms with Crippen LogP contribution in [0.15, 0.2) is 52.3 Å². The molecule has 110 valence electrons. The van der Waals surface area contributed by atoms with Gasteiger partial charge in [0.15, 0.2) is 0 Å². The maximum absolute atomic E-state index is 12.0. The molecule has 0 saturated heterocycles. The number of sulfonamides is 1. The van der Waals surface area contributed by atoms with Crippen molar-refractivity contribution in [2.45, 2.75) is 17.9 Å². The SMILES string of the molecule is CN(CCCn1ccnc1)C1=NS(=O)(=O)c2ccccc21. The lowest BCUT2D eigenvalue weighted by Crippen LogP contribution is -2.28. The molecular weight excluding hydrogens is 288 g/mol. The molecule has 6 nitrogen and oxygen atoms in total. The smallest absolute Gasteiger partial charge is 0.285 e. The van der Waals surface area contributed by atoms with Gasteiger partial charge in [-0.2, -0.15) is 8.42 Å². The van der Waals surface area contributed by atoms with Crippen LogP contribution in [0.1, 0.15) is 12.0 Å². The average Bonchev–Trinajstić information content (AvgIpc) is 3.06. The van der Waals surface area contributed by atoms with Crippen LogP contribution in [-0.2, 0) is 16.6 Å². The Balaban J connectivity index is 1.72. The number of amidine groups is 1. The van der Waals surface area contributed by atoms with Crippen molar-refractivity contribution in [3.63, 3.8) is 0 Å². The van der Waals surface area contributed by atoms with Gasteiger partial charge in [-0.3, -0.25) is 0 Å². The van der Waals surface area contributed by atoms with Gasteiger partial charge in [-0.15, -0.1) is 4.40 Å². The maximum Gasteiger partial charge on any atom is 0.285 e. The minimum atomic E-state index is -3.54. The number of hydrogen-bond acceptors (Lipinski definition) is 4. The number of rotatable bonds is 4. The van der Waals surface area contributed by atoms with E-state index in [-0.39, 0.29) is 0 Å². The highest BCUT2D eigenvalue weighted by molar-refractivity contribution is 7.90. The van der Waals surface area contributed by atoms with E-state index in [1.54, 1.807) is 30.7 Å². The van der Waals surface area contributed by atoms with Crippen LogP contribution in [0.25, 0.3) is 0 Å². The normalized spacial score (nSPS) is 15.6. The first kappa shape index (κ1) is 13.8. The van der Waals surface area contributed by atoms with Gasteiger partial charge < -0.3 is 9.47 Å². The van der Waals surface area contributed by atoms with Crippen molar-refractivity contribution in [2.75, 3.05) is 13.6 Å². The molecule has 0 amide bonds. The van der Waals surface area contributed by atoms with E-state index >= 15 is 0 Å². The number of fused-ring (bicyclic) bond motifs is 1. The van der Waals surface area contributed by atoms with Crippen LogP contribution in [0, 0.1) is 0 Å². The number of nitrogens with zero attached hydrogens (tertiary/aromatic N) is 4. The number of aromatic nitrogens is 2. The summed E-state index contributed by atoms with van der Waals surface area (Å²) < 4.78 is 29.9. The molecule has 2 heterocycles. The van der Waals surface area contributed by atoms with Gasteiger partial charge in [-0.05, 0) is 18.6 Å². The minimum Gasteiger partial charge on any atom is -0.358 e. The third kappa shape index (κ3) is 2.69. The molecule has 2 aromatic rings. The molecule has 1 aliphatic heterocycles. The molecule has 0 atom stereocenters. The van der Waals surface area contributed by atoms with Crippen molar-refractivity contribution in [3.8, 4) is 0 Å². The quantitative estimate of drug-likeness (QED) is 0.855. The number of hydrogen-bond donors (Lipinski definition) is 0. The second kappa shape index (κ2) is 5.33. The van der Waals surface area contributed by atoms with Crippen molar-refractivity contribution in [1.82, 2.24) is 14.5 Å². The topological polar surface area (TPSA) is 67.6 Å². The highest BCUT2D eigenvalue weighted by atomic mass is 32.2. The second-order valence-electron chi connectivity index (χ2n) is 4.96. The van der Waals surface area contributed by atoms with E-state index in [0.29, 0.717) is 16.3 Å². The highest BCUT2D eigenvalue weighted by Gasteiger charge is 2.30. The predicted octanol–water partition coefficient (Wildman–Crippen LogP) is 1.35. The first-order valence-electron chi connectivity index (χ1n) is 6.69. The summed E-state index contributed by atoms with van der Waals surface area (Å²) in [7, 11) is -1.67. The molecule has 7 heteroatoms. The monoisotopic (exact) mass is 304 g/mol. The van der Waals surface area contributed by atoms with Gasteiger partial charge in [0.1, 0.15) is 10.7 Å². The van der Waals surface area contributed by atoms with E-state index in [1.165, 1.54) is 0 Å². The molecule has 0 bridgehead atoms. The number of imidazole rings is 1. The summed E-state index contributed by atoms with van der Waals surface area (Å²) in [6, 6.07) is 6.94. The van der Waals surface area contributed by atoms with Crippen LogP contribution in [0.4, 0.5) is 0 Å². The largest absolute Gasteiger partial charge is 0.358 e. The molecule has 0 aliphatic carbocycles. The Hall–Kier alpha value is -2.15. The first-order valence-corrected chi connectivity index (χ1v) is 8.13. The van der Waals surface area contributed by atoms with Gasteiger partial charge >= 0.3 is 0 Å². The fourth-order valence-electron chi connectivity index (χ4n) is 2.38. The minimum absolute atomic E-state index is 0.293. The Kier molecular flexibility index (Phi) is 3.50. The van der Waals surface area contributed by atoms with E-state index in [0.717, 1.165) is 19.5 Å². The number of aryl methyl sites for hydroxylation is 1. The number of benzene rings is 1. The van der Waals surface area contributed by atoms with E-state index in [2.05, 4.69) is 9.38 Å². The van der Waals surface area contributed by atoms with Crippen LogP contribution in [0.2, 0.25) is 0 Å². The van der Waals surface area contributed by atoms with Crippen LogP contribution in [-0.4, -0.2) is 42.3 Å². The predicted molar refractivity (Wildman–Crippen MR) is 79.6 cm³/mol. The molecule has 1 aromatic heterocycles. The van der Waals surface area contributed by atoms with Crippen molar-refractivity contribution in [2.24, 2.45) is 4.40 Å². The zero-order chi connectivity index (χ0) is 14.9. The molecule has 0 N–H and O–H groups in total. The third-order valence-corrected chi connectivity index (χ3v) is 4.77. The lowest BCUT2D eigenvalue weighted by molar-refractivity contribution is 0.464. The molecule has 1 aromatic carbocycles. The molecule has 0 unspecified atom stereocenters. The van der Waals surface area contributed by atoms with Crippen molar-refractivity contribution in [3.05, 3.63) is 48.5 Å². The Labute approximate surface area is 123 Å². The Morgan fingerprint density at radius 2 is 2.10 bits per heavy atom. The van der Waals surface area contributed by atoms with Crippen molar-refractivity contribution >= 4 is 15.9 Å². The molecule has 0 spiro atoms. The van der Waals surface area contributed by atoms with E-state index in [9.17, 15) is 8.42 Å². The second-order valence-corrected chi connectivity index (χ2v) is 6.53. The van der Waals surface area contributed by atoms with Crippen LogP contribution in [0.5, 0.6) is 0 Å². The third-order valence-electron chi connectivity index (χ3n) is 3.44. The van der Waals surface area contributed by atoms with Gasteiger partial charge in [-0.25, -0.2) is 4.98 Å². The highest BCUT2D eigenvalue weighted by Crippen LogP contribution is 2.26. The Bertz CT molecular complexity index is 766. The average molecular weight is 304 g/mol. The van der Waals surface area contributed by atoms with Gasteiger partial charge in [-0.1, -0.05) is 12.1 Å². The molecule has 21 heavy (non-hydrogen) atoms. The fourth-order valence-corrected chi connectivity index (χ4v) is 3.63. The zero-order valence-electron chi connectivity index (χ0n) is 11.7. The molecule has 3 rings (SSSR count).